The van der Waals surface area contributed by atoms with Crippen molar-refractivity contribution in [2.45, 2.75) is 46.0 Å². The Bertz CT molecular complexity index is 546. The molecule has 4 aliphatic rings. The van der Waals surface area contributed by atoms with Crippen LogP contribution < -0.4 is 0 Å². The maximum absolute atomic E-state index is 12.2. The molecule has 4 saturated carbocycles. The van der Waals surface area contributed by atoms with Crippen molar-refractivity contribution in [2.24, 2.45) is 29.1 Å². The number of rotatable bonds is 6. The average molecular weight is 332 g/mol. The Morgan fingerprint density at radius 2 is 1.50 bits per heavy atom. The molecule has 132 valence electrons. The predicted molar refractivity (Wildman–Crippen MR) is 91.0 cm³/mol. The van der Waals surface area contributed by atoms with Gasteiger partial charge < -0.3 is 9.47 Å². The van der Waals surface area contributed by atoms with Crippen molar-refractivity contribution >= 4 is 11.9 Å². The van der Waals surface area contributed by atoms with E-state index in [1.807, 2.05) is 0 Å². The third-order valence-corrected chi connectivity index (χ3v) is 6.53. The van der Waals surface area contributed by atoms with Crippen molar-refractivity contribution in [3.8, 4) is 0 Å². The Hall–Kier alpha value is -1.58. The summed E-state index contributed by atoms with van der Waals surface area (Å²) in [5.41, 5.74) is 0.576. The fraction of sp³-hybridized carbons (Fsp3) is 0.700. The number of hydrogen-bond donors (Lipinski definition) is 0. The van der Waals surface area contributed by atoms with E-state index in [0.717, 1.165) is 11.8 Å². The van der Waals surface area contributed by atoms with Crippen LogP contribution in [-0.2, 0) is 19.1 Å². The fourth-order valence-electron chi connectivity index (χ4n) is 5.15. The van der Waals surface area contributed by atoms with Gasteiger partial charge in [0.25, 0.3) is 0 Å². The van der Waals surface area contributed by atoms with Crippen LogP contribution in [0.1, 0.15) is 46.0 Å². The molecule has 0 saturated heterocycles. The van der Waals surface area contributed by atoms with Gasteiger partial charge in [-0.05, 0) is 62.7 Å². The molecule has 4 rings (SSSR count). The normalized spacial score (nSPS) is 36.2. The molecular weight excluding hydrogens is 304 g/mol. The van der Waals surface area contributed by atoms with Crippen LogP contribution in [0, 0.1) is 29.1 Å². The minimum atomic E-state index is -0.517. The van der Waals surface area contributed by atoms with E-state index < -0.39 is 11.9 Å². The first-order valence-electron chi connectivity index (χ1n) is 8.97. The van der Waals surface area contributed by atoms with Gasteiger partial charge in [-0.15, -0.1) is 0 Å². The summed E-state index contributed by atoms with van der Waals surface area (Å²) in [6.45, 7) is 11.4. The second kappa shape index (κ2) is 6.38. The van der Waals surface area contributed by atoms with E-state index in [9.17, 15) is 9.59 Å². The number of carbonyl (C=O) groups is 2. The molecule has 0 aromatic rings. The van der Waals surface area contributed by atoms with Crippen LogP contribution in [0.15, 0.2) is 24.3 Å². The highest BCUT2D eigenvalue weighted by Gasteiger charge is 2.55. The van der Waals surface area contributed by atoms with E-state index in [-0.39, 0.29) is 17.6 Å². The molecule has 4 aliphatic carbocycles. The maximum Gasteiger partial charge on any atom is 0.336 e. The second-order valence-electron chi connectivity index (χ2n) is 8.35. The molecule has 0 heterocycles. The number of carbonyl (C=O) groups excluding carboxylic acids is 2. The van der Waals surface area contributed by atoms with E-state index in [0.29, 0.717) is 24.0 Å². The molecule has 0 aromatic heterocycles. The van der Waals surface area contributed by atoms with Gasteiger partial charge in [0, 0.05) is 11.0 Å². The smallest absolute Gasteiger partial charge is 0.336 e. The first-order chi connectivity index (χ1) is 11.3. The van der Waals surface area contributed by atoms with Crippen molar-refractivity contribution in [1.29, 1.82) is 0 Å². The average Bonchev–Trinajstić information content (AvgIpc) is 2.54. The molecule has 0 unspecified atom stereocenters. The van der Waals surface area contributed by atoms with Crippen molar-refractivity contribution in [3.05, 3.63) is 24.3 Å². The van der Waals surface area contributed by atoms with Crippen molar-refractivity contribution in [3.63, 3.8) is 0 Å². The van der Waals surface area contributed by atoms with Gasteiger partial charge in [-0.25, -0.2) is 9.59 Å². The van der Waals surface area contributed by atoms with Gasteiger partial charge in [-0.3, -0.25) is 0 Å². The number of hydrogen-bond acceptors (Lipinski definition) is 4. The highest BCUT2D eigenvalue weighted by Crippen LogP contribution is 2.62. The Balaban J connectivity index is 1.51. The summed E-state index contributed by atoms with van der Waals surface area (Å²) in [7, 11) is 0. The van der Waals surface area contributed by atoms with E-state index in [2.05, 4.69) is 20.1 Å². The van der Waals surface area contributed by atoms with Crippen LogP contribution >= 0.6 is 0 Å². The third kappa shape index (κ3) is 3.15. The Morgan fingerprint density at radius 3 is 2.00 bits per heavy atom. The van der Waals surface area contributed by atoms with Crippen LogP contribution in [0.2, 0.25) is 0 Å². The summed E-state index contributed by atoms with van der Waals surface area (Å²) in [5, 5.41) is 0. The van der Waals surface area contributed by atoms with Gasteiger partial charge in [0.2, 0.25) is 0 Å². The lowest BCUT2D eigenvalue weighted by Gasteiger charge is -2.59. The largest absolute Gasteiger partial charge is 0.462 e. The van der Waals surface area contributed by atoms with Gasteiger partial charge in [-0.1, -0.05) is 20.1 Å². The van der Waals surface area contributed by atoms with Gasteiger partial charge >= 0.3 is 11.9 Å². The Labute approximate surface area is 144 Å². The van der Waals surface area contributed by atoms with Gasteiger partial charge in [0.05, 0.1) is 12.2 Å². The highest BCUT2D eigenvalue weighted by atomic mass is 16.5. The summed E-state index contributed by atoms with van der Waals surface area (Å²) < 4.78 is 10.5. The topological polar surface area (TPSA) is 52.6 Å². The molecule has 0 aromatic carbocycles. The lowest BCUT2D eigenvalue weighted by atomic mass is 9.46. The van der Waals surface area contributed by atoms with Crippen LogP contribution in [0.5, 0.6) is 0 Å². The molecule has 4 fully saturated rings. The molecule has 0 amide bonds. The van der Waals surface area contributed by atoms with Crippen molar-refractivity contribution in [1.82, 2.24) is 0 Å². The zero-order valence-electron chi connectivity index (χ0n) is 14.8. The highest BCUT2D eigenvalue weighted by molar-refractivity contribution is 5.90. The summed E-state index contributed by atoms with van der Waals surface area (Å²) >= 11 is 0. The zero-order valence-corrected chi connectivity index (χ0v) is 14.8. The van der Waals surface area contributed by atoms with Gasteiger partial charge in [0.1, 0.15) is 6.61 Å². The van der Waals surface area contributed by atoms with Crippen molar-refractivity contribution < 1.29 is 19.1 Å². The quantitative estimate of drug-likeness (QED) is 0.550. The molecule has 4 nitrogen and oxygen atoms in total. The first kappa shape index (κ1) is 17.2. The fourth-order valence-corrected chi connectivity index (χ4v) is 5.15. The minimum Gasteiger partial charge on any atom is -0.462 e. The van der Waals surface area contributed by atoms with Crippen LogP contribution in [0.4, 0.5) is 0 Å². The molecule has 0 atom stereocenters. The predicted octanol–water partition coefficient (Wildman–Crippen LogP) is 3.67. The molecule has 4 heteroatoms. The minimum absolute atomic E-state index is 0.0950. The lowest BCUT2D eigenvalue weighted by molar-refractivity contribution is -0.160. The van der Waals surface area contributed by atoms with Gasteiger partial charge in [-0.2, -0.15) is 0 Å². The SMILES string of the molecule is C=C(C)C(=O)OCC(=C)C(=O)OCC1(C)C2CC3CC(C2)CC1C3. The molecule has 0 radical (unpaired) electrons. The second-order valence-corrected chi connectivity index (χ2v) is 8.35. The number of ether oxygens (including phenoxy) is 2. The molecule has 24 heavy (non-hydrogen) atoms. The molecule has 0 N–H and O–H groups in total. The van der Waals surface area contributed by atoms with E-state index in [1.165, 1.54) is 32.1 Å². The summed E-state index contributed by atoms with van der Waals surface area (Å²) in [6.07, 6.45) is 6.57. The van der Waals surface area contributed by atoms with Crippen LogP contribution in [-0.4, -0.2) is 25.2 Å². The van der Waals surface area contributed by atoms with Crippen molar-refractivity contribution in [2.75, 3.05) is 13.2 Å². The third-order valence-electron chi connectivity index (χ3n) is 6.53. The standard InChI is InChI=1S/C20H28O4/c1-12(2)18(21)23-10-13(3)19(22)24-11-20(4)16-6-14-5-15(8-16)9-17(20)7-14/h14-17H,1,3,5-11H2,2,4H3. The lowest BCUT2D eigenvalue weighted by Crippen LogP contribution is -2.53. The summed E-state index contributed by atoms with van der Waals surface area (Å²) in [5.74, 6) is 2.17. The van der Waals surface area contributed by atoms with Crippen LogP contribution in [0.3, 0.4) is 0 Å². The molecule has 0 spiro atoms. The Kier molecular flexibility index (Phi) is 4.58. The monoisotopic (exact) mass is 332 g/mol. The molecule has 4 bridgehead atoms. The summed E-state index contributed by atoms with van der Waals surface area (Å²) in [6, 6.07) is 0. The first-order valence-corrected chi connectivity index (χ1v) is 8.97. The maximum atomic E-state index is 12.2. The number of esters is 2. The van der Waals surface area contributed by atoms with E-state index in [4.69, 9.17) is 9.47 Å². The zero-order chi connectivity index (χ0) is 17.5. The molecule has 0 aliphatic heterocycles. The Morgan fingerprint density at radius 1 is 0.958 bits per heavy atom. The van der Waals surface area contributed by atoms with E-state index in [1.54, 1.807) is 6.92 Å². The summed E-state index contributed by atoms with van der Waals surface area (Å²) in [4.78, 5) is 23.5. The molecular formula is C20H28O4. The van der Waals surface area contributed by atoms with Gasteiger partial charge in [0.15, 0.2) is 0 Å². The van der Waals surface area contributed by atoms with E-state index >= 15 is 0 Å². The van der Waals surface area contributed by atoms with Crippen LogP contribution in [0.25, 0.3) is 0 Å².